The van der Waals surface area contributed by atoms with Crippen molar-refractivity contribution in [1.82, 2.24) is 5.32 Å². The van der Waals surface area contributed by atoms with E-state index in [1.807, 2.05) is 6.07 Å². The van der Waals surface area contributed by atoms with E-state index in [2.05, 4.69) is 5.32 Å². The Morgan fingerprint density at radius 2 is 1.71 bits per heavy atom. The zero-order valence-corrected chi connectivity index (χ0v) is 12.2. The van der Waals surface area contributed by atoms with E-state index in [9.17, 15) is 13.4 Å². The van der Waals surface area contributed by atoms with Gasteiger partial charge in [-0.25, -0.2) is 8.60 Å². The van der Waals surface area contributed by atoms with E-state index in [0.29, 0.717) is 16.2 Å². The van der Waals surface area contributed by atoms with Crippen LogP contribution in [0.25, 0.3) is 5.70 Å². The summed E-state index contributed by atoms with van der Waals surface area (Å²) in [5.74, 6) is -0.652. The number of rotatable bonds is 4. The summed E-state index contributed by atoms with van der Waals surface area (Å²) in [5, 5.41) is 4.07. The molecule has 0 heterocycles. The summed E-state index contributed by atoms with van der Waals surface area (Å²) in [6, 6.07) is 14.5. The topological polar surface area (TPSA) is 46.2 Å². The molecule has 2 aromatic rings. The van der Waals surface area contributed by atoms with E-state index in [1.54, 1.807) is 24.3 Å². The van der Waals surface area contributed by atoms with Crippen molar-refractivity contribution in [1.29, 1.82) is 0 Å². The number of hydrogen-bond donors (Lipinski definition) is 1. The average molecular weight is 303 g/mol. The Kier molecular flexibility index (Phi) is 5.00. The van der Waals surface area contributed by atoms with E-state index < -0.39 is 10.8 Å². The fraction of sp³-hybridized carbons (Fsp3) is 0.0625. The van der Waals surface area contributed by atoms with Crippen molar-refractivity contribution in [2.24, 2.45) is 0 Å². The SMILES string of the molecule is CC(=O)N/C(=C/S(=O)c1ccccc1)c1ccc(F)cc1. The Labute approximate surface area is 125 Å². The maximum Gasteiger partial charge on any atom is 0.221 e. The molecule has 21 heavy (non-hydrogen) atoms. The molecule has 1 amide bonds. The van der Waals surface area contributed by atoms with Crippen LogP contribution in [0.2, 0.25) is 0 Å². The first-order valence-corrected chi connectivity index (χ1v) is 7.48. The molecule has 108 valence electrons. The molecule has 1 unspecified atom stereocenters. The van der Waals surface area contributed by atoms with E-state index in [1.165, 1.54) is 36.6 Å². The van der Waals surface area contributed by atoms with Crippen LogP contribution in [0.3, 0.4) is 0 Å². The molecule has 0 aromatic heterocycles. The Morgan fingerprint density at radius 3 is 2.29 bits per heavy atom. The van der Waals surface area contributed by atoms with Crippen LogP contribution in [-0.2, 0) is 15.6 Å². The molecule has 2 rings (SSSR count). The summed E-state index contributed by atoms with van der Waals surface area (Å²) in [4.78, 5) is 11.9. The molecule has 0 saturated carbocycles. The lowest BCUT2D eigenvalue weighted by Crippen LogP contribution is -2.18. The highest BCUT2D eigenvalue weighted by atomic mass is 32.2. The molecule has 1 N–H and O–H groups in total. The van der Waals surface area contributed by atoms with Crippen molar-refractivity contribution in [2.45, 2.75) is 11.8 Å². The number of benzene rings is 2. The fourth-order valence-corrected chi connectivity index (χ4v) is 2.69. The Morgan fingerprint density at radius 1 is 1.10 bits per heavy atom. The quantitative estimate of drug-likeness (QED) is 0.943. The highest BCUT2D eigenvalue weighted by Crippen LogP contribution is 2.16. The molecule has 0 spiro atoms. The van der Waals surface area contributed by atoms with Crippen molar-refractivity contribution >= 4 is 22.4 Å². The molecular weight excluding hydrogens is 289 g/mol. The molecule has 0 bridgehead atoms. The molecule has 0 radical (unpaired) electrons. The number of carbonyl (C=O) groups excluding carboxylic acids is 1. The van der Waals surface area contributed by atoms with Crippen molar-refractivity contribution < 1.29 is 13.4 Å². The van der Waals surface area contributed by atoms with Crippen LogP contribution in [0.15, 0.2) is 64.9 Å². The monoisotopic (exact) mass is 303 g/mol. The van der Waals surface area contributed by atoms with E-state index in [0.717, 1.165) is 0 Å². The zero-order valence-electron chi connectivity index (χ0n) is 11.4. The second-order valence-electron chi connectivity index (χ2n) is 4.33. The molecule has 0 aliphatic heterocycles. The van der Waals surface area contributed by atoms with Gasteiger partial charge in [0.2, 0.25) is 5.91 Å². The fourth-order valence-electron chi connectivity index (χ4n) is 1.72. The minimum atomic E-state index is -1.41. The van der Waals surface area contributed by atoms with Crippen LogP contribution in [0, 0.1) is 5.82 Å². The molecule has 0 saturated heterocycles. The largest absolute Gasteiger partial charge is 0.325 e. The first kappa shape index (κ1) is 15.1. The summed E-state index contributed by atoms with van der Waals surface area (Å²) in [6.45, 7) is 1.36. The summed E-state index contributed by atoms with van der Waals surface area (Å²) in [5.41, 5.74) is 0.987. The third kappa shape index (κ3) is 4.36. The van der Waals surface area contributed by atoms with Crippen LogP contribution in [-0.4, -0.2) is 10.1 Å². The van der Waals surface area contributed by atoms with Gasteiger partial charge in [0, 0.05) is 17.2 Å². The number of amides is 1. The lowest BCUT2D eigenvalue weighted by atomic mass is 10.2. The maximum absolute atomic E-state index is 13.0. The predicted molar refractivity (Wildman–Crippen MR) is 81.0 cm³/mol. The summed E-state index contributed by atoms with van der Waals surface area (Å²) in [6.07, 6.45) is 0. The second kappa shape index (κ2) is 6.95. The smallest absolute Gasteiger partial charge is 0.221 e. The number of nitrogens with one attached hydrogen (secondary N) is 1. The van der Waals surface area contributed by atoms with Gasteiger partial charge < -0.3 is 5.32 Å². The normalized spacial score (nSPS) is 12.8. The first-order chi connectivity index (χ1) is 10.1. The van der Waals surface area contributed by atoms with Gasteiger partial charge in [-0.1, -0.05) is 18.2 Å². The van der Waals surface area contributed by atoms with Crippen LogP contribution >= 0.6 is 0 Å². The van der Waals surface area contributed by atoms with Gasteiger partial charge in [-0.2, -0.15) is 0 Å². The van der Waals surface area contributed by atoms with Crippen LogP contribution < -0.4 is 5.32 Å². The van der Waals surface area contributed by atoms with Gasteiger partial charge >= 0.3 is 0 Å². The van der Waals surface area contributed by atoms with Crippen molar-refractivity contribution in [3.63, 3.8) is 0 Å². The van der Waals surface area contributed by atoms with Gasteiger partial charge in [0.05, 0.1) is 16.5 Å². The van der Waals surface area contributed by atoms with Crippen molar-refractivity contribution in [3.8, 4) is 0 Å². The third-order valence-electron chi connectivity index (χ3n) is 2.67. The number of hydrogen-bond acceptors (Lipinski definition) is 2. The van der Waals surface area contributed by atoms with Gasteiger partial charge in [0.15, 0.2) is 0 Å². The maximum atomic E-state index is 13.0. The number of halogens is 1. The van der Waals surface area contributed by atoms with Crippen LogP contribution in [0.4, 0.5) is 4.39 Å². The molecular formula is C16H14FNO2S. The number of carbonyl (C=O) groups is 1. The van der Waals surface area contributed by atoms with Crippen LogP contribution in [0.1, 0.15) is 12.5 Å². The third-order valence-corrected chi connectivity index (χ3v) is 3.85. The summed E-state index contributed by atoms with van der Waals surface area (Å²) < 4.78 is 25.3. The van der Waals surface area contributed by atoms with Gasteiger partial charge in [-0.15, -0.1) is 0 Å². The lowest BCUT2D eigenvalue weighted by Gasteiger charge is -2.08. The molecule has 5 heteroatoms. The molecule has 1 atom stereocenters. The summed E-state index contributed by atoms with van der Waals surface area (Å²) in [7, 11) is -1.41. The molecule has 0 aliphatic carbocycles. The molecule has 2 aromatic carbocycles. The predicted octanol–water partition coefficient (Wildman–Crippen LogP) is 3.07. The summed E-state index contributed by atoms with van der Waals surface area (Å²) >= 11 is 0. The van der Waals surface area contributed by atoms with Gasteiger partial charge in [-0.05, 0) is 42.0 Å². The van der Waals surface area contributed by atoms with Crippen LogP contribution in [0.5, 0.6) is 0 Å². The Hall–Kier alpha value is -2.27. The molecule has 0 aliphatic rings. The standard InChI is InChI=1S/C16H14FNO2S/c1-12(19)18-16(13-7-9-14(17)10-8-13)11-21(20)15-5-3-2-4-6-15/h2-11H,1H3,(H,18,19)/b16-11+. The van der Waals surface area contributed by atoms with Gasteiger partial charge in [0.25, 0.3) is 0 Å². The Balaban J connectivity index is 2.35. The van der Waals surface area contributed by atoms with Gasteiger partial charge in [0.1, 0.15) is 5.82 Å². The average Bonchev–Trinajstić information content (AvgIpc) is 2.48. The minimum absolute atomic E-state index is 0.282. The van der Waals surface area contributed by atoms with Crippen molar-refractivity contribution in [3.05, 3.63) is 71.4 Å². The van der Waals surface area contributed by atoms with Crippen molar-refractivity contribution in [2.75, 3.05) is 0 Å². The first-order valence-electron chi connectivity index (χ1n) is 6.27. The highest BCUT2D eigenvalue weighted by molar-refractivity contribution is 7.88. The van der Waals surface area contributed by atoms with E-state index in [-0.39, 0.29) is 11.7 Å². The minimum Gasteiger partial charge on any atom is -0.325 e. The van der Waals surface area contributed by atoms with E-state index >= 15 is 0 Å². The van der Waals surface area contributed by atoms with E-state index in [4.69, 9.17) is 0 Å². The Bertz CT molecular complexity index is 681. The van der Waals surface area contributed by atoms with Gasteiger partial charge in [-0.3, -0.25) is 4.79 Å². The highest BCUT2D eigenvalue weighted by Gasteiger charge is 2.07. The molecule has 3 nitrogen and oxygen atoms in total. The second-order valence-corrected chi connectivity index (χ2v) is 5.63. The lowest BCUT2D eigenvalue weighted by molar-refractivity contribution is -0.117. The zero-order chi connectivity index (χ0) is 15.2. The molecule has 0 fully saturated rings.